The van der Waals surface area contributed by atoms with Crippen LogP contribution < -0.4 is 9.62 Å². The molecule has 1 atom stereocenters. The highest BCUT2D eigenvalue weighted by Crippen LogP contribution is 2.34. The Labute approximate surface area is 209 Å². The number of rotatable bonds is 10. The number of amides is 2. The zero-order chi connectivity index (χ0) is 24.8. The minimum absolute atomic E-state index is 0.00538. The lowest BCUT2D eigenvalue weighted by Crippen LogP contribution is -2.52. The molecule has 2 rings (SSSR count). The molecule has 180 valence electrons. The number of sulfonamides is 1. The number of hydrogen-bond donors (Lipinski definition) is 1. The van der Waals surface area contributed by atoms with Crippen LogP contribution >= 0.6 is 34.8 Å². The summed E-state index contributed by atoms with van der Waals surface area (Å²) in [6, 6.07) is 10.6. The van der Waals surface area contributed by atoms with Gasteiger partial charge in [-0.1, -0.05) is 66.0 Å². The van der Waals surface area contributed by atoms with Crippen molar-refractivity contribution in [2.75, 3.05) is 23.7 Å². The summed E-state index contributed by atoms with van der Waals surface area (Å²) in [5.41, 5.74) is 0.700. The van der Waals surface area contributed by atoms with Crippen LogP contribution in [0.1, 0.15) is 25.8 Å². The number of benzene rings is 2. The lowest BCUT2D eigenvalue weighted by atomic mass is 10.1. The summed E-state index contributed by atoms with van der Waals surface area (Å²) in [4.78, 5) is 27.6. The van der Waals surface area contributed by atoms with E-state index >= 15 is 0 Å². The molecule has 0 heterocycles. The second-order valence-electron chi connectivity index (χ2n) is 7.27. The van der Waals surface area contributed by atoms with E-state index in [4.69, 9.17) is 34.8 Å². The Morgan fingerprint density at radius 1 is 1.00 bits per heavy atom. The van der Waals surface area contributed by atoms with Crippen LogP contribution in [-0.4, -0.2) is 50.5 Å². The minimum Gasteiger partial charge on any atom is -0.355 e. The number of anilines is 1. The molecule has 0 aliphatic heterocycles. The average molecular weight is 535 g/mol. The number of nitrogens with one attached hydrogen (secondary N) is 1. The molecule has 2 amide bonds. The van der Waals surface area contributed by atoms with Crippen molar-refractivity contribution >= 4 is 62.3 Å². The molecule has 0 saturated heterocycles. The van der Waals surface area contributed by atoms with Gasteiger partial charge in [0.05, 0.1) is 22.0 Å². The summed E-state index contributed by atoms with van der Waals surface area (Å²) < 4.78 is 26.1. The smallest absolute Gasteiger partial charge is 0.244 e. The largest absolute Gasteiger partial charge is 0.355 e. The summed E-state index contributed by atoms with van der Waals surface area (Å²) in [6.07, 6.45) is 1.29. The predicted octanol–water partition coefficient (Wildman–Crippen LogP) is 4.36. The van der Waals surface area contributed by atoms with E-state index in [-0.39, 0.29) is 28.2 Å². The number of hydrogen-bond acceptors (Lipinski definition) is 4. The van der Waals surface area contributed by atoms with Crippen molar-refractivity contribution in [1.82, 2.24) is 10.2 Å². The normalized spacial score (nSPS) is 12.2. The first-order valence-corrected chi connectivity index (χ1v) is 13.2. The first kappa shape index (κ1) is 27.2. The molecule has 0 saturated carbocycles. The topological polar surface area (TPSA) is 86.8 Å². The SMILES string of the molecule is CCNC(=O)C(CC)N(Cc1ccccc1Cl)C(=O)CN(c1cccc(Cl)c1Cl)S(C)(=O)=O. The fourth-order valence-electron chi connectivity index (χ4n) is 3.30. The molecule has 0 bridgehead atoms. The standard InChI is InChI=1S/C22H26Cl3N3O4S/c1-4-18(22(30)26-5-2)27(13-15-9-6-7-10-16(15)23)20(29)14-28(33(3,31)32)19-12-8-11-17(24)21(19)25/h6-12,18H,4-5,13-14H2,1-3H3,(H,26,30). The van der Waals surface area contributed by atoms with Gasteiger partial charge in [0, 0.05) is 18.1 Å². The molecule has 0 aromatic heterocycles. The van der Waals surface area contributed by atoms with Crippen LogP contribution in [0.2, 0.25) is 15.1 Å². The van der Waals surface area contributed by atoms with Crippen molar-refractivity contribution < 1.29 is 18.0 Å². The van der Waals surface area contributed by atoms with Gasteiger partial charge >= 0.3 is 0 Å². The number of nitrogens with zero attached hydrogens (tertiary/aromatic N) is 2. The Morgan fingerprint density at radius 2 is 1.64 bits per heavy atom. The van der Waals surface area contributed by atoms with Crippen LogP contribution in [0, 0.1) is 0 Å². The van der Waals surface area contributed by atoms with Crippen molar-refractivity contribution in [2.45, 2.75) is 32.9 Å². The van der Waals surface area contributed by atoms with Gasteiger partial charge in [0.2, 0.25) is 21.8 Å². The molecule has 0 aliphatic carbocycles. The number of likely N-dealkylation sites (N-methyl/N-ethyl adjacent to an activating group) is 1. The Balaban J connectivity index is 2.49. The van der Waals surface area contributed by atoms with Gasteiger partial charge in [0.25, 0.3) is 0 Å². The first-order chi connectivity index (χ1) is 15.5. The van der Waals surface area contributed by atoms with Crippen LogP contribution in [0.3, 0.4) is 0 Å². The van der Waals surface area contributed by atoms with Crippen molar-refractivity contribution in [1.29, 1.82) is 0 Å². The second-order valence-corrected chi connectivity index (χ2v) is 10.4. The van der Waals surface area contributed by atoms with Crippen LogP contribution in [0.5, 0.6) is 0 Å². The molecule has 0 fully saturated rings. The van der Waals surface area contributed by atoms with Gasteiger partial charge in [0.1, 0.15) is 12.6 Å². The molecule has 1 unspecified atom stereocenters. The highest BCUT2D eigenvalue weighted by molar-refractivity contribution is 7.92. The van der Waals surface area contributed by atoms with Gasteiger partial charge in [-0.05, 0) is 37.1 Å². The van der Waals surface area contributed by atoms with Crippen molar-refractivity contribution in [3.63, 3.8) is 0 Å². The Morgan fingerprint density at radius 3 is 2.21 bits per heavy atom. The van der Waals surface area contributed by atoms with E-state index in [1.165, 1.54) is 23.1 Å². The molecular formula is C22H26Cl3N3O4S. The number of halogens is 3. The number of carbonyl (C=O) groups excluding carboxylic acids is 2. The highest BCUT2D eigenvalue weighted by Gasteiger charge is 2.32. The first-order valence-electron chi connectivity index (χ1n) is 10.2. The second kappa shape index (κ2) is 11.9. The molecule has 2 aromatic rings. The molecule has 0 aliphatic rings. The maximum atomic E-state index is 13.5. The zero-order valence-corrected chi connectivity index (χ0v) is 21.6. The molecule has 2 aromatic carbocycles. The van der Waals surface area contributed by atoms with E-state index in [2.05, 4.69) is 5.32 Å². The monoisotopic (exact) mass is 533 g/mol. The van der Waals surface area contributed by atoms with Crippen molar-refractivity contribution in [3.05, 3.63) is 63.1 Å². The van der Waals surface area contributed by atoms with Crippen LogP contribution in [0.4, 0.5) is 5.69 Å². The van der Waals surface area contributed by atoms with E-state index in [1.54, 1.807) is 38.1 Å². The van der Waals surface area contributed by atoms with E-state index in [9.17, 15) is 18.0 Å². The molecule has 0 radical (unpaired) electrons. The van der Waals surface area contributed by atoms with Gasteiger partial charge in [-0.3, -0.25) is 13.9 Å². The fourth-order valence-corrected chi connectivity index (χ4v) is 4.80. The van der Waals surface area contributed by atoms with Gasteiger partial charge in [-0.15, -0.1) is 0 Å². The quantitative estimate of drug-likeness (QED) is 0.491. The van der Waals surface area contributed by atoms with Crippen LogP contribution in [-0.2, 0) is 26.2 Å². The molecule has 11 heteroatoms. The summed E-state index contributed by atoms with van der Waals surface area (Å²) in [6.45, 7) is 3.39. The number of carbonyl (C=O) groups is 2. The summed E-state index contributed by atoms with van der Waals surface area (Å²) in [7, 11) is -3.91. The molecule has 33 heavy (non-hydrogen) atoms. The maximum absolute atomic E-state index is 13.5. The lowest BCUT2D eigenvalue weighted by Gasteiger charge is -2.33. The van der Waals surface area contributed by atoms with Crippen molar-refractivity contribution in [3.8, 4) is 0 Å². The Hall–Kier alpha value is -2.00. The Kier molecular flexibility index (Phi) is 9.84. The summed E-state index contributed by atoms with van der Waals surface area (Å²) >= 11 is 18.6. The van der Waals surface area contributed by atoms with Crippen LogP contribution in [0.25, 0.3) is 0 Å². The third-order valence-electron chi connectivity index (χ3n) is 4.91. The van der Waals surface area contributed by atoms with E-state index in [0.717, 1.165) is 10.6 Å². The van der Waals surface area contributed by atoms with Gasteiger partial charge in [-0.25, -0.2) is 8.42 Å². The molecule has 7 nitrogen and oxygen atoms in total. The summed E-state index contributed by atoms with van der Waals surface area (Å²) in [5, 5.41) is 3.31. The van der Waals surface area contributed by atoms with Gasteiger partial charge in [0.15, 0.2) is 0 Å². The molecule has 0 spiro atoms. The third-order valence-corrected chi connectivity index (χ3v) is 7.22. The van der Waals surface area contributed by atoms with Crippen molar-refractivity contribution in [2.24, 2.45) is 0 Å². The van der Waals surface area contributed by atoms with Crippen LogP contribution in [0.15, 0.2) is 42.5 Å². The summed E-state index contributed by atoms with van der Waals surface area (Å²) in [5.74, 6) is -0.929. The Bertz CT molecular complexity index is 1110. The fraction of sp³-hybridized carbons (Fsp3) is 0.364. The average Bonchev–Trinajstić information content (AvgIpc) is 2.74. The predicted molar refractivity (Wildman–Crippen MR) is 133 cm³/mol. The van der Waals surface area contributed by atoms with Gasteiger partial charge < -0.3 is 10.2 Å². The zero-order valence-electron chi connectivity index (χ0n) is 18.5. The maximum Gasteiger partial charge on any atom is 0.244 e. The third kappa shape index (κ3) is 6.99. The molecular weight excluding hydrogens is 509 g/mol. The lowest BCUT2D eigenvalue weighted by molar-refractivity contribution is -0.140. The molecule has 1 N–H and O–H groups in total. The highest BCUT2D eigenvalue weighted by atomic mass is 35.5. The van der Waals surface area contributed by atoms with E-state index < -0.39 is 28.5 Å². The van der Waals surface area contributed by atoms with Gasteiger partial charge in [-0.2, -0.15) is 0 Å². The van der Waals surface area contributed by atoms with E-state index in [1.807, 2.05) is 0 Å². The minimum atomic E-state index is -3.91. The van der Waals surface area contributed by atoms with E-state index in [0.29, 0.717) is 23.6 Å².